The van der Waals surface area contributed by atoms with E-state index >= 15 is 0 Å². The summed E-state index contributed by atoms with van der Waals surface area (Å²) in [7, 11) is 1.59. The minimum atomic E-state index is -0.545. The van der Waals surface area contributed by atoms with Gasteiger partial charge < -0.3 is 10.1 Å². The number of benzene rings is 2. The fourth-order valence-corrected chi connectivity index (χ4v) is 3.72. The number of hydrazine groups is 1. The average molecular weight is 435 g/mol. The second kappa shape index (κ2) is 9.51. The molecule has 166 valence electrons. The molecule has 2 aromatic carbocycles. The number of fused-ring (bicyclic) bond motifs is 2. The molecule has 0 saturated heterocycles. The molecule has 3 amide bonds. The summed E-state index contributed by atoms with van der Waals surface area (Å²) in [6, 6.07) is 11.5. The monoisotopic (exact) mass is 435 g/mol. The van der Waals surface area contributed by atoms with Crippen LogP contribution >= 0.6 is 0 Å². The molecule has 0 spiro atoms. The van der Waals surface area contributed by atoms with Crippen molar-refractivity contribution in [2.45, 2.75) is 38.8 Å². The number of ether oxygens (including phenoxy) is 1. The molecule has 0 bridgehead atoms. The molecule has 0 fully saturated rings. The molecule has 9 nitrogen and oxygen atoms in total. The molecule has 0 saturated carbocycles. The van der Waals surface area contributed by atoms with Gasteiger partial charge in [0, 0.05) is 25.1 Å². The molecule has 1 aliphatic rings. The van der Waals surface area contributed by atoms with Gasteiger partial charge in [0.1, 0.15) is 11.6 Å². The Balaban J connectivity index is 1.38. The summed E-state index contributed by atoms with van der Waals surface area (Å²) in [4.78, 5) is 41.9. The van der Waals surface area contributed by atoms with E-state index in [1.54, 1.807) is 42.0 Å². The highest BCUT2D eigenvalue weighted by molar-refractivity contribution is 5.98. The lowest BCUT2D eigenvalue weighted by Crippen LogP contribution is -2.46. The summed E-state index contributed by atoms with van der Waals surface area (Å²) < 4.78 is 6.84. The Bertz CT molecular complexity index is 1200. The third-order valence-corrected chi connectivity index (χ3v) is 5.48. The lowest BCUT2D eigenvalue weighted by Gasteiger charge is -2.12. The maximum atomic E-state index is 12.8. The summed E-state index contributed by atoms with van der Waals surface area (Å²) in [6.45, 7) is 0.968. The maximum absolute atomic E-state index is 12.8. The molecular formula is C23H25N5O4. The largest absolute Gasteiger partial charge is 0.497 e. The van der Waals surface area contributed by atoms with E-state index < -0.39 is 11.9 Å². The smallest absolute Gasteiger partial charge is 0.333 e. The van der Waals surface area contributed by atoms with Crippen LogP contribution in [0.3, 0.4) is 0 Å². The number of urea groups is 1. The number of aromatic nitrogens is 2. The van der Waals surface area contributed by atoms with E-state index in [0.29, 0.717) is 29.6 Å². The molecule has 32 heavy (non-hydrogen) atoms. The van der Waals surface area contributed by atoms with Crippen molar-refractivity contribution in [1.29, 1.82) is 0 Å². The number of hydrogen-bond donors (Lipinski definition) is 3. The van der Waals surface area contributed by atoms with Crippen molar-refractivity contribution >= 4 is 22.8 Å². The van der Waals surface area contributed by atoms with Gasteiger partial charge in [-0.25, -0.2) is 15.2 Å². The molecule has 3 N–H and O–H groups in total. The lowest BCUT2D eigenvalue weighted by atomic mass is 10.1. The zero-order valence-corrected chi connectivity index (χ0v) is 17.8. The van der Waals surface area contributed by atoms with Gasteiger partial charge >= 0.3 is 6.03 Å². The highest BCUT2D eigenvalue weighted by Crippen LogP contribution is 2.16. The van der Waals surface area contributed by atoms with Crippen LogP contribution in [0.5, 0.6) is 5.75 Å². The summed E-state index contributed by atoms with van der Waals surface area (Å²) >= 11 is 0. The van der Waals surface area contributed by atoms with Crippen molar-refractivity contribution in [2.75, 3.05) is 7.11 Å². The number of rotatable bonds is 4. The quantitative estimate of drug-likeness (QED) is 0.544. The first kappa shape index (κ1) is 21.4. The van der Waals surface area contributed by atoms with E-state index in [2.05, 4.69) is 21.2 Å². The Morgan fingerprint density at radius 3 is 2.66 bits per heavy atom. The second-order valence-electron chi connectivity index (χ2n) is 7.64. The Hall–Kier alpha value is -3.88. The summed E-state index contributed by atoms with van der Waals surface area (Å²) in [5.41, 5.74) is 6.31. The predicted octanol–water partition coefficient (Wildman–Crippen LogP) is 2.28. The third-order valence-electron chi connectivity index (χ3n) is 5.48. The van der Waals surface area contributed by atoms with E-state index in [-0.39, 0.29) is 5.56 Å². The predicted molar refractivity (Wildman–Crippen MR) is 119 cm³/mol. The van der Waals surface area contributed by atoms with Crippen molar-refractivity contribution in [2.24, 2.45) is 0 Å². The Morgan fingerprint density at radius 1 is 1.06 bits per heavy atom. The van der Waals surface area contributed by atoms with E-state index in [1.165, 1.54) is 0 Å². The van der Waals surface area contributed by atoms with E-state index in [0.717, 1.165) is 42.8 Å². The third kappa shape index (κ3) is 4.72. The van der Waals surface area contributed by atoms with E-state index in [4.69, 9.17) is 4.74 Å². The van der Waals surface area contributed by atoms with Crippen molar-refractivity contribution in [3.63, 3.8) is 0 Å². The Kier molecular flexibility index (Phi) is 6.34. The lowest BCUT2D eigenvalue weighted by molar-refractivity contribution is 0.0936. The summed E-state index contributed by atoms with van der Waals surface area (Å²) in [5.74, 6) is 0.992. The number of nitrogens with one attached hydrogen (secondary N) is 3. The van der Waals surface area contributed by atoms with Crippen molar-refractivity contribution in [3.8, 4) is 5.75 Å². The SMILES string of the molecule is COc1ccc(CNC(=O)NNC(=O)c2ccc3c(=O)n4c(nc3c2)CCCCC4)cc1. The van der Waals surface area contributed by atoms with Crippen LogP contribution in [0.15, 0.2) is 47.3 Å². The molecule has 4 rings (SSSR count). The number of amides is 3. The molecule has 2 heterocycles. The van der Waals surface area contributed by atoms with Crippen LogP contribution in [0.4, 0.5) is 4.79 Å². The van der Waals surface area contributed by atoms with Crippen LogP contribution in [0.25, 0.3) is 10.9 Å². The van der Waals surface area contributed by atoms with Crippen LogP contribution in [-0.4, -0.2) is 28.6 Å². The standard InChI is InChI=1S/C23H25N5O4/c1-32-17-9-6-15(7-10-17)14-24-23(31)27-26-21(29)16-8-11-18-19(13-16)25-20-5-3-2-4-12-28(20)22(18)30/h6-11,13H,2-5,12,14H2,1H3,(H,26,29)(H2,24,27,31). The van der Waals surface area contributed by atoms with Gasteiger partial charge in [-0.05, 0) is 48.7 Å². The van der Waals surface area contributed by atoms with Gasteiger partial charge in [-0.1, -0.05) is 18.6 Å². The van der Waals surface area contributed by atoms with Gasteiger partial charge in [0.2, 0.25) is 0 Å². The number of nitrogens with zero attached hydrogens (tertiary/aromatic N) is 2. The highest BCUT2D eigenvalue weighted by Gasteiger charge is 2.15. The first-order valence-corrected chi connectivity index (χ1v) is 10.6. The molecule has 1 aromatic heterocycles. The zero-order chi connectivity index (χ0) is 22.5. The van der Waals surface area contributed by atoms with Gasteiger partial charge in [-0.15, -0.1) is 0 Å². The number of carbonyl (C=O) groups is 2. The Labute approximate surface area is 184 Å². The second-order valence-corrected chi connectivity index (χ2v) is 7.64. The molecule has 0 atom stereocenters. The van der Waals surface area contributed by atoms with Crippen LogP contribution in [0.2, 0.25) is 0 Å². The first-order chi connectivity index (χ1) is 15.5. The van der Waals surface area contributed by atoms with Crippen LogP contribution < -0.4 is 26.5 Å². The minimum absolute atomic E-state index is 0.0742. The first-order valence-electron chi connectivity index (χ1n) is 10.6. The number of hydrogen-bond acceptors (Lipinski definition) is 5. The topological polar surface area (TPSA) is 114 Å². The fraction of sp³-hybridized carbons (Fsp3) is 0.304. The average Bonchev–Trinajstić information content (AvgIpc) is 3.07. The number of methoxy groups -OCH3 is 1. The molecular weight excluding hydrogens is 410 g/mol. The minimum Gasteiger partial charge on any atom is -0.497 e. The highest BCUT2D eigenvalue weighted by atomic mass is 16.5. The van der Waals surface area contributed by atoms with E-state index in [9.17, 15) is 14.4 Å². The summed E-state index contributed by atoms with van der Waals surface area (Å²) in [6.07, 6.45) is 3.77. The van der Waals surface area contributed by atoms with Gasteiger partial charge in [0.15, 0.2) is 0 Å². The van der Waals surface area contributed by atoms with E-state index in [1.807, 2.05) is 12.1 Å². The molecule has 0 unspecified atom stereocenters. The maximum Gasteiger partial charge on any atom is 0.333 e. The van der Waals surface area contributed by atoms with Gasteiger partial charge in [0.05, 0.1) is 18.0 Å². The van der Waals surface area contributed by atoms with Crippen LogP contribution in [0.1, 0.15) is 41.0 Å². The molecule has 0 radical (unpaired) electrons. The zero-order valence-electron chi connectivity index (χ0n) is 17.8. The summed E-state index contributed by atoms with van der Waals surface area (Å²) in [5, 5.41) is 3.14. The van der Waals surface area contributed by atoms with Gasteiger partial charge in [0.25, 0.3) is 11.5 Å². The van der Waals surface area contributed by atoms with Gasteiger partial charge in [-0.3, -0.25) is 19.6 Å². The molecule has 1 aliphatic heterocycles. The Morgan fingerprint density at radius 2 is 1.88 bits per heavy atom. The fourth-order valence-electron chi connectivity index (χ4n) is 3.72. The molecule has 3 aromatic rings. The van der Waals surface area contributed by atoms with Crippen LogP contribution in [0, 0.1) is 0 Å². The van der Waals surface area contributed by atoms with Crippen LogP contribution in [-0.2, 0) is 19.5 Å². The molecule has 0 aliphatic carbocycles. The molecule has 9 heteroatoms. The van der Waals surface area contributed by atoms with Crippen molar-refractivity contribution < 1.29 is 14.3 Å². The normalized spacial score (nSPS) is 13.0. The number of aryl methyl sites for hydroxylation is 1. The number of carbonyl (C=O) groups excluding carboxylic acids is 2. The van der Waals surface area contributed by atoms with Crippen molar-refractivity contribution in [3.05, 3.63) is 69.8 Å². The van der Waals surface area contributed by atoms with Crippen molar-refractivity contribution in [1.82, 2.24) is 25.7 Å². The van der Waals surface area contributed by atoms with Gasteiger partial charge in [-0.2, -0.15) is 0 Å².